The average molecular weight is 758 g/mol. The number of rotatable bonds is 19. The van der Waals surface area contributed by atoms with Crippen molar-refractivity contribution in [2.75, 3.05) is 48.9 Å². The zero-order chi connectivity index (χ0) is 37.7. The number of carbonyl (C=O) groups is 1. The van der Waals surface area contributed by atoms with Crippen LogP contribution in [0.4, 0.5) is 11.4 Å². The first kappa shape index (κ1) is 40.4. The second-order valence-corrected chi connectivity index (χ2v) is 16.9. The summed E-state index contributed by atoms with van der Waals surface area (Å²) in [5.74, 6) is 3.47. The molecule has 2 heterocycles. The first-order valence-corrected chi connectivity index (χ1v) is 21.2. The van der Waals surface area contributed by atoms with Crippen molar-refractivity contribution in [3.8, 4) is 16.9 Å². The van der Waals surface area contributed by atoms with Crippen LogP contribution in [0.1, 0.15) is 72.2 Å². The largest absolute Gasteiger partial charge is 0.611 e. The lowest BCUT2D eigenvalue weighted by molar-refractivity contribution is -0.112. The maximum Gasteiger partial charge on any atom is 0.251 e. The number of hydrogen-bond donors (Lipinski definition) is 1. The van der Waals surface area contributed by atoms with Crippen molar-refractivity contribution in [3.05, 3.63) is 83.7 Å². The molecule has 0 aliphatic carbocycles. The molecule has 1 N–H and O–H groups in total. The molecule has 1 amide bonds. The quantitative estimate of drug-likeness (QED) is 0.0574. The van der Waals surface area contributed by atoms with Gasteiger partial charge in [0.25, 0.3) is 5.91 Å². The van der Waals surface area contributed by atoms with Gasteiger partial charge in [0.2, 0.25) is 0 Å². The second-order valence-electron chi connectivity index (χ2n) is 14.2. The van der Waals surface area contributed by atoms with Gasteiger partial charge < -0.3 is 28.8 Å². The minimum absolute atomic E-state index is 0.135. The molecular weight excluding hydrogens is 703 g/mol. The Morgan fingerprint density at radius 2 is 1.66 bits per heavy atom. The molecule has 0 spiro atoms. The molecule has 1 unspecified atom stereocenters. The lowest BCUT2D eigenvalue weighted by Crippen LogP contribution is -2.29. The Morgan fingerprint density at radius 3 is 2.36 bits per heavy atom. The van der Waals surface area contributed by atoms with Gasteiger partial charge in [-0.15, -0.1) is 10.2 Å². The van der Waals surface area contributed by atoms with E-state index in [0.29, 0.717) is 42.1 Å². The summed E-state index contributed by atoms with van der Waals surface area (Å²) in [4.78, 5) is 16.8. The summed E-state index contributed by atoms with van der Waals surface area (Å²) in [5, 5.41) is 12.7. The van der Waals surface area contributed by atoms with Crippen molar-refractivity contribution >= 4 is 46.3 Å². The van der Waals surface area contributed by atoms with Gasteiger partial charge in [0.15, 0.2) is 21.6 Å². The van der Waals surface area contributed by atoms with Gasteiger partial charge in [0, 0.05) is 43.2 Å². The topological polar surface area (TPSA) is 105 Å². The Bertz CT molecular complexity index is 1790. The number of anilines is 2. The van der Waals surface area contributed by atoms with E-state index in [0.717, 1.165) is 89.5 Å². The zero-order valence-electron chi connectivity index (χ0n) is 32.1. The summed E-state index contributed by atoms with van der Waals surface area (Å²) in [6.07, 6.45) is 4.84. The van der Waals surface area contributed by atoms with Crippen molar-refractivity contribution in [2.24, 2.45) is 11.8 Å². The van der Waals surface area contributed by atoms with Crippen LogP contribution in [0.15, 0.2) is 82.4 Å². The van der Waals surface area contributed by atoms with Crippen LogP contribution in [0.5, 0.6) is 5.75 Å². The van der Waals surface area contributed by atoms with Crippen LogP contribution in [0.2, 0.25) is 0 Å². The Balaban J connectivity index is 1.27. The third-order valence-corrected chi connectivity index (χ3v) is 11.0. The van der Waals surface area contributed by atoms with E-state index in [-0.39, 0.29) is 11.7 Å². The molecule has 4 aromatic rings. The molecule has 0 fully saturated rings. The van der Waals surface area contributed by atoms with E-state index in [9.17, 15) is 9.35 Å². The van der Waals surface area contributed by atoms with Crippen LogP contribution in [-0.4, -0.2) is 63.9 Å². The Labute approximate surface area is 323 Å². The number of nitrogens with one attached hydrogen (secondary N) is 1. The fourth-order valence-corrected chi connectivity index (χ4v) is 7.95. The predicted octanol–water partition coefficient (Wildman–Crippen LogP) is 9.10. The number of amides is 1. The highest BCUT2D eigenvalue weighted by Gasteiger charge is 2.23. The normalized spacial score (nSPS) is 13.5. The molecule has 0 saturated carbocycles. The van der Waals surface area contributed by atoms with Crippen molar-refractivity contribution < 1.29 is 18.8 Å². The van der Waals surface area contributed by atoms with E-state index in [4.69, 9.17) is 9.47 Å². The molecule has 5 rings (SSSR count). The first-order valence-electron chi connectivity index (χ1n) is 18.9. The summed E-state index contributed by atoms with van der Waals surface area (Å²) >= 11 is 0.337. The second kappa shape index (κ2) is 20.1. The fourth-order valence-electron chi connectivity index (χ4n) is 6.21. The highest BCUT2D eigenvalue weighted by molar-refractivity contribution is 7.99. The number of hydrogen-bond acceptors (Lipinski definition) is 8. The lowest BCUT2D eigenvalue weighted by atomic mass is 10.00. The monoisotopic (exact) mass is 757 g/mol. The molecule has 53 heavy (non-hydrogen) atoms. The van der Waals surface area contributed by atoms with Gasteiger partial charge in [-0.1, -0.05) is 77.9 Å². The van der Waals surface area contributed by atoms with Gasteiger partial charge in [-0.25, -0.2) is 0 Å². The Morgan fingerprint density at radius 1 is 0.925 bits per heavy atom. The van der Waals surface area contributed by atoms with Crippen molar-refractivity contribution in [1.29, 1.82) is 0 Å². The van der Waals surface area contributed by atoms with E-state index in [1.54, 1.807) is 11.8 Å². The van der Waals surface area contributed by atoms with E-state index in [1.807, 2.05) is 42.5 Å². The lowest BCUT2D eigenvalue weighted by Gasteiger charge is -2.27. The van der Waals surface area contributed by atoms with E-state index in [2.05, 4.69) is 96.9 Å². The van der Waals surface area contributed by atoms with Gasteiger partial charge in [-0.2, -0.15) is 0 Å². The minimum atomic E-state index is -1.31. The number of unbranched alkanes of at least 4 members (excludes halogenated alkanes) is 1. The van der Waals surface area contributed by atoms with Gasteiger partial charge >= 0.3 is 0 Å². The summed E-state index contributed by atoms with van der Waals surface area (Å²) in [5.41, 5.74) is 5.69. The number of ether oxygens (including phenoxy) is 2. The average Bonchev–Trinajstić information content (AvgIpc) is 3.39. The molecule has 0 bridgehead atoms. The van der Waals surface area contributed by atoms with Crippen LogP contribution in [-0.2, 0) is 33.0 Å². The number of nitrogens with zero attached hydrogens (tertiary/aromatic N) is 4. The van der Waals surface area contributed by atoms with Crippen LogP contribution in [0.25, 0.3) is 17.2 Å². The number of carbonyl (C=O) groups excluding carboxylic acids is 1. The standard InChI is InChI=1S/C42H55N5O4S2/c1-7-9-22-50-23-24-51-37-15-10-32(11-16-37)33-12-19-39-35(25-33)26-34(20-21-46(39)27-30(3)4)41(48)43-36-13-17-38(18-14-36)53(49)29-40-44-45-42(52-8-2)47(40)28-31(5)6/h10-19,25-26,30-31H,7-9,20-24,27-29H2,1-6H3,(H,43,48). The number of aromatic nitrogens is 3. The van der Waals surface area contributed by atoms with E-state index >= 15 is 0 Å². The third kappa shape index (κ3) is 11.6. The molecule has 0 saturated heterocycles. The van der Waals surface area contributed by atoms with Crippen LogP contribution >= 0.6 is 11.8 Å². The van der Waals surface area contributed by atoms with Gasteiger partial charge in [0.05, 0.1) is 6.61 Å². The Kier molecular flexibility index (Phi) is 15.3. The highest BCUT2D eigenvalue weighted by Crippen LogP contribution is 2.34. The van der Waals surface area contributed by atoms with Gasteiger partial charge in [0.1, 0.15) is 12.4 Å². The fraction of sp³-hybridized carbons (Fsp3) is 0.452. The summed E-state index contributed by atoms with van der Waals surface area (Å²) in [6.45, 7) is 17.3. The van der Waals surface area contributed by atoms with Crippen LogP contribution < -0.4 is 15.0 Å². The van der Waals surface area contributed by atoms with Crippen LogP contribution in [0, 0.1) is 11.8 Å². The van der Waals surface area contributed by atoms with Crippen molar-refractivity contribution in [1.82, 2.24) is 14.8 Å². The molecule has 9 nitrogen and oxygen atoms in total. The maximum absolute atomic E-state index is 13.8. The first-order chi connectivity index (χ1) is 25.6. The number of benzene rings is 3. The predicted molar refractivity (Wildman–Crippen MR) is 219 cm³/mol. The SMILES string of the molecule is CCCCOCCOc1ccc(-c2ccc3c(c2)C=C(C(=O)Nc2ccc([S+]([O-])Cc4nnc(SCC)n4CC(C)C)cc2)CCN3CC(C)C)cc1. The molecule has 1 aliphatic heterocycles. The van der Waals surface area contributed by atoms with Crippen molar-refractivity contribution in [2.45, 2.75) is 83.2 Å². The number of fused-ring (bicyclic) bond motifs is 1. The summed E-state index contributed by atoms with van der Waals surface area (Å²) < 4.78 is 27.0. The Hall–Kier alpha value is -3.77. The summed E-state index contributed by atoms with van der Waals surface area (Å²) in [6, 6.07) is 21.9. The smallest absolute Gasteiger partial charge is 0.251 e. The molecule has 1 atom stereocenters. The molecule has 3 aromatic carbocycles. The molecule has 284 valence electrons. The maximum atomic E-state index is 13.8. The van der Waals surface area contributed by atoms with Crippen LogP contribution in [0.3, 0.4) is 0 Å². The zero-order valence-corrected chi connectivity index (χ0v) is 33.7. The molecular formula is C42H55N5O4S2. The minimum Gasteiger partial charge on any atom is -0.611 e. The number of thioether (sulfide) groups is 1. The van der Waals surface area contributed by atoms with Crippen molar-refractivity contribution in [3.63, 3.8) is 0 Å². The molecule has 0 radical (unpaired) electrons. The molecule has 1 aromatic heterocycles. The third-order valence-electron chi connectivity index (χ3n) is 8.80. The van der Waals surface area contributed by atoms with Gasteiger partial charge in [-0.05, 0) is 113 Å². The molecule has 11 heteroatoms. The summed E-state index contributed by atoms with van der Waals surface area (Å²) in [7, 11) is 0. The van der Waals surface area contributed by atoms with E-state index in [1.165, 1.54) is 0 Å². The van der Waals surface area contributed by atoms with Gasteiger partial charge in [-0.3, -0.25) is 4.79 Å². The molecule has 1 aliphatic rings. The highest BCUT2D eigenvalue weighted by atomic mass is 32.2. The van der Waals surface area contributed by atoms with E-state index < -0.39 is 11.2 Å².